The smallest absolute Gasteiger partial charge is 0.261 e. The van der Waals surface area contributed by atoms with E-state index in [1.165, 1.54) is 24.5 Å². The van der Waals surface area contributed by atoms with Crippen LogP contribution in [0.3, 0.4) is 0 Å². The van der Waals surface area contributed by atoms with Gasteiger partial charge < -0.3 is 5.32 Å². The summed E-state index contributed by atoms with van der Waals surface area (Å²) in [5, 5.41) is 4.66. The molecule has 0 spiro atoms. The summed E-state index contributed by atoms with van der Waals surface area (Å²) in [4.78, 5) is 13.4. The van der Waals surface area contributed by atoms with Crippen molar-refractivity contribution < 1.29 is 13.2 Å². The normalized spacial score (nSPS) is 11.5. The lowest BCUT2D eigenvalue weighted by Gasteiger charge is -2.02. The average Bonchev–Trinajstić information content (AvgIpc) is 3.05. The monoisotopic (exact) mass is 330 g/mol. The third kappa shape index (κ3) is 3.26. The number of hydrogen-bond acceptors (Lipinski definition) is 5. The molecule has 0 aromatic carbocycles. The second-order valence-corrected chi connectivity index (χ2v) is 8.24. The molecule has 0 saturated carbocycles. The number of aryl methyl sites for hydroxylation is 1. The Hall–Kier alpha value is -1.22. The minimum atomic E-state index is -3.41. The third-order valence-electron chi connectivity index (χ3n) is 2.66. The molecule has 0 aliphatic rings. The fourth-order valence-corrected chi connectivity index (χ4v) is 4.53. The van der Waals surface area contributed by atoms with E-state index in [4.69, 9.17) is 0 Å². The Labute approximate surface area is 125 Å². The average molecular weight is 330 g/mol. The Morgan fingerprint density at radius 2 is 2.05 bits per heavy atom. The highest BCUT2D eigenvalue weighted by atomic mass is 32.2. The second-order valence-electron chi connectivity index (χ2n) is 4.04. The van der Waals surface area contributed by atoms with Crippen LogP contribution < -0.4 is 10.0 Å². The van der Waals surface area contributed by atoms with Crippen molar-refractivity contribution in [3.8, 4) is 0 Å². The topological polar surface area (TPSA) is 75.3 Å². The van der Waals surface area contributed by atoms with E-state index in [1.807, 2.05) is 18.4 Å². The molecule has 0 bridgehead atoms. The van der Waals surface area contributed by atoms with E-state index in [-0.39, 0.29) is 10.1 Å². The van der Waals surface area contributed by atoms with Crippen molar-refractivity contribution in [1.29, 1.82) is 0 Å². The number of rotatable bonds is 5. The first-order valence-electron chi connectivity index (χ1n) is 5.78. The fourth-order valence-electron chi connectivity index (χ4n) is 1.55. The Balaban J connectivity index is 2.02. The zero-order valence-corrected chi connectivity index (χ0v) is 13.4. The van der Waals surface area contributed by atoms with Gasteiger partial charge in [0.2, 0.25) is 10.0 Å². The first-order chi connectivity index (χ1) is 9.44. The van der Waals surface area contributed by atoms with E-state index < -0.39 is 10.0 Å². The number of carbonyl (C=O) groups excluding carboxylic acids is 1. The highest BCUT2D eigenvalue weighted by Gasteiger charge is 2.15. The van der Waals surface area contributed by atoms with Crippen LogP contribution in [0.2, 0.25) is 0 Å². The van der Waals surface area contributed by atoms with Crippen LogP contribution in [0.25, 0.3) is 0 Å². The SMILES string of the molecule is CNS(=O)(=O)c1ccc(CNC(=O)c2sccc2C)s1. The number of nitrogens with one attached hydrogen (secondary N) is 2. The Kier molecular flexibility index (Phi) is 4.59. The van der Waals surface area contributed by atoms with Gasteiger partial charge >= 0.3 is 0 Å². The standard InChI is InChI=1S/C12H14N2O3S3/c1-8-5-6-18-11(8)12(15)14-7-9-3-4-10(19-9)20(16,17)13-2/h3-6,13H,7H2,1-2H3,(H,14,15). The molecule has 20 heavy (non-hydrogen) atoms. The number of sulfonamides is 1. The molecular weight excluding hydrogens is 316 g/mol. The van der Waals surface area contributed by atoms with Gasteiger partial charge in [-0.15, -0.1) is 22.7 Å². The quantitative estimate of drug-likeness (QED) is 0.880. The van der Waals surface area contributed by atoms with E-state index >= 15 is 0 Å². The van der Waals surface area contributed by atoms with E-state index in [0.29, 0.717) is 11.4 Å². The highest BCUT2D eigenvalue weighted by molar-refractivity contribution is 7.91. The van der Waals surface area contributed by atoms with Crippen LogP contribution in [-0.4, -0.2) is 21.4 Å². The van der Waals surface area contributed by atoms with Crippen molar-refractivity contribution in [3.05, 3.63) is 38.9 Å². The first-order valence-corrected chi connectivity index (χ1v) is 8.96. The van der Waals surface area contributed by atoms with Crippen molar-refractivity contribution >= 4 is 38.6 Å². The molecule has 2 N–H and O–H groups in total. The second kappa shape index (κ2) is 6.04. The Bertz CT molecular complexity index is 716. The zero-order chi connectivity index (χ0) is 14.8. The maximum Gasteiger partial charge on any atom is 0.261 e. The van der Waals surface area contributed by atoms with E-state index in [2.05, 4.69) is 10.0 Å². The van der Waals surface area contributed by atoms with Crippen LogP contribution in [-0.2, 0) is 16.6 Å². The first kappa shape index (κ1) is 15.2. The summed E-state index contributed by atoms with van der Waals surface area (Å²) in [7, 11) is -2.04. The summed E-state index contributed by atoms with van der Waals surface area (Å²) < 4.78 is 25.7. The summed E-state index contributed by atoms with van der Waals surface area (Å²) in [5.41, 5.74) is 0.942. The van der Waals surface area contributed by atoms with E-state index in [9.17, 15) is 13.2 Å². The minimum absolute atomic E-state index is 0.135. The molecule has 0 radical (unpaired) electrons. The molecule has 0 unspecified atom stereocenters. The summed E-state index contributed by atoms with van der Waals surface area (Å²) in [6.07, 6.45) is 0. The van der Waals surface area contributed by atoms with Crippen molar-refractivity contribution in [2.45, 2.75) is 17.7 Å². The molecule has 0 aliphatic heterocycles. The Morgan fingerprint density at radius 3 is 2.65 bits per heavy atom. The highest BCUT2D eigenvalue weighted by Crippen LogP contribution is 2.21. The summed E-state index contributed by atoms with van der Waals surface area (Å²) in [5.74, 6) is -0.135. The van der Waals surface area contributed by atoms with Crippen LogP contribution in [0.15, 0.2) is 27.8 Å². The van der Waals surface area contributed by atoms with Gasteiger partial charge in [-0.05, 0) is 43.1 Å². The lowest BCUT2D eigenvalue weighted by atomic mass is 10.3. The van der Waals surface area contributed by atoms with Gasteiger partial charge in [-0.25, -0.2) is 13.1 Å². The van der Waals surface area contributed by atoms with E-state index in [1.54, 1.807) is 6.07 Å². The molecule has 0 aliphatic carbocycles. The molecule has 1 amide bonds. The van der Waals surface area contributed by atoms with Gasteiger partial charge in [-0.2, -0.15) is 0 Å². The van der Waals surface area contributed by atoms with Gasteiger partial charge in [0.05, 0.1) is 11.4 Å². The van der Waals surface area contributed by atoms with Crippen LogP contribution in [0.4, 0.5) is 0 Å². The van der Waals surface area contributed by atoms with Crippen molar-refractivity contribution in [2.24, 2.45) is 0 Å². The van der Waals surface area contributed by atoms with Gasteiger partial charge in [0.1, 0.15) is 4.21 Å². The number of carbonyl (C=O) groups is 1. The molecule has 108 valence electrons. The molecule has 2 rings (SSSR count). The van der Waals surface area contributed by atoms with Crippen LogP contribution in [0, 0.1) is 6.92 Å². The zero-order valence-electron chi connectivity index (χ0n) is 11.0. The van der Waals surface area contributed by atoms with Crippen molar-refractivity contribution in [2.75, 3.05) is 7.05 Å². The molecule has 2 aromatic rings. The third-order valence-corrected chi connectivity index (χ3v) is 6.67. The maximum absolute atomic E-state index is 11.9. The number of hydrogen-bond donors (Lipinski definition) is 2. The van der Waals surface area contributed by atoms with Gasteiger partial charge in [0, 0.05) is 4.88 Å². The maximum atomic E-state index is 11.9. The van der Waals surface area contributed by atoms with Crippen LogP contribution in [0.5, 0.6) is 0 Å². The number of thiophene rings is 2. The van der Waals surface area contributed by atoms with Gasteiger partial charge in [0.15, 0.2) is 0 Å². The molecule has 2 aromatic heterocycles. The van der Waals surface area contributed by atoms with E-state index in [0.717, 1.165) is 21.8 Å². The van der Waals surface area contributed by atoms with Crippen molar-refractivity contribution in [1.82, 2.24) is 10.0 Å². The molecule has 2 heterocycles. The lowest BCUT2D eigenvalue weighted by molar-refractivity contribution is 0.0955. The summed E-state index contributed by atoms with van der Waals surface area (Å²) in [6.45, 7) is 2.20. The number of amides is 1. The van der Waals surface area contributed by atoms with Crippen molar-refractivity contribution in [3.63, 3.8) is 0 Å². The molecule has 0 fully saturated rings. The molecule has 0 atom stereocenters. The lowest BCUT2D eigenvalue weighted by Crippen LogP contribution is -2.21. The fraction of sp³-hybridized carbons (Fsp3) is 0.250. The predicted octanol–water partition coefficient (Wildman–Crippen LogP) is 1.96. The minimum Gasteiger partial charge on any atom is -0.346 e. The molecular formula is C12H14N2O3S3. The van der Waals surface area contributed by atoms with Gasteiger partial charge in [-0.1, -0.05) is 0 Å². The summed E-state index contributed by atoms with van der Waals surface area (Å²) in [6, 6.07) is 5.13. The molecule has 8 heteroatoms. The van der Waals surface area contributed by atoms with Gasteiger partial charge in [-0.3, -0.25) is 4.79 Å². The molecule has 0 saturated heterocycles. The largest absolute Gasteiger partial charge is 0.346 e. The Morgan fingerprint density at radius 1 is 1.30 bits per heavy atom. The van der Waals surface area contributed by atoms with Crippen LogP contribution >= 0.6 is 22.7 Å². The predicted molar refractivity (Wildman–Crippen MR) is 80.8 cm³/mol. The summed E-state index contributed by atoms with van der Waals surface area (Å²) >= 11 is 2.54. The van der Waals surface area contributed by atoms with Crippen LogP contribution in [0.1, 0.15) is 20.1 Å². The molecule has 5 nitrogen and oxygen atoms in total. The van der Waals surface area contributed by atoms with Gasteiger partial charge in [0.25, 0.3) is 5.91 Å².